The van der Waals surface area contributed by atoms with Crippen molar-refractivity contribution in [1.82, 2.24) is 0 Å². The smallest absolute Gasteiger partial charge is 0.414 e. The van der Waals surface area contributed by atoms with E-state index >= 15 is 0 Å². The van der Waals surface area contributed by atoms with Crippen LogP contribution in [0.15, 0.2) is 72.8 Å². The molecular formula is C24H24N2O5. The highest BCUT2D eigenvalue weighted by molar-refractivity contribution is 5.90. The van der Waals surface area contributed by atoms with E-state index in [2.05, 4.69) is 0 Å². The van der Waals surface area contributed by atoms with Crippen molar-refractivity contribution in [2.45, 2.75) is 26.4 Å². The van der Waals surface area contributed by atoms with Crippen molar-refractivity contribution < 1.29 is 19.2 Å². The van der Waals surface area contributed by atoms with Gasteiger partial charge in [0.25, 0.3) is 5.69 Å². The molecule has 3 rings (SSSR count). The van der Waals surface area contributed by atoms with Crippen LogP contribution in [0.3, 0.4) is 0 Å². The molecule has 0 aromatic heterocycles. The maximum absolute atomic E-state index is 12.4. The first kappa shape index (κ1) is 21.8. The number of ether oxygens (including phenoxy) is 2. The van der Waals surface area contributed by atoms with Gasteiger partial charge in [-0.05, 0) is 50.1 Å². The summed E-state index contributed by atoms with van der Waals surface area (Å²) in [6.07, 6.45) is -0.694. The predicted molar refractivity (Wildman–Crippen MR) is 120 cm³/mol. The van der Waals surface area contributed by atoms with Crippen molar-refractivity contribution in [2.24, 2.45) is 0 Å². The number of nitrogens with zero attached hydrogens (tertiary/aromatic N) is 2. The normalized spacial score (nSPS) is 11.0. The van der Waals surface area contributed by atoms with Gasteiger partial charge in [0, 0.05) is 19.2 Å². The van der Waals surface area contributed by atoms with Gasteiger partial charge in [-0.1, -0.05) is 42.5 Å². The number of benzene rings is 3. The van der Waals surface area contributed by atoms with Crippen LogP contribution in [0.4, 0.5) is 16.2 Å². The van der Waals surface area contributed by atoms with E-state index in [-0.39, 0.29) is 11.4 Å². The third-order valence-electron chi connectivity index (χ3n) is 4.37. The molecule has 3 aromatic carbocycles. The van der Waals surface area contributed by atoms with Gasteiger partial charge in [0.2, 0.25) is 0 Å². The van der Waals surface area contributed by atoms with Crippen LogP contribution in [-0.2, 0) is 4.74 Å². The Balaban J connectivity index is 1.85. The highest BCUT2D eigenvalue weighted by Crippen LogP contribution is 2.34. The van der Waals surface area contributed by atoms with Crippen LogP contribution in [0, 0.1) is 10.1 Å². The maximum atomic E-state index is 12.4. The minimum atomic E-state index is -0.727. The minimum absolute atomic E-state index is 0.0812. The molecule has 0 spiro atoms. The summed E-state index contributed by atoms with van der Waals surface area (Å²) in [5, 5.41) is 11.5. The number of nitro benzene ring substituents is 1. The fourth-order valence-electron chi connectivity index (χ4n) is 2.90. The van der Waals surface area contributed by atoms with Crippen LogP contribution in [0.1, 0.15) is 20.8 Å². The van der Waals surface area contributed by atoms with Gasteiger partial charge in [-0.25, -0.2) is 4.79 Å². The molecule has 0 atom stereocenters. The Kier molecular flexibility index (Phi) is 6.25. The van der Waals surface area contributed by atoms with Crippen molar-refractivity contribution in [2.75, 3.05) is 11.9 Å². The van der Waals surface area contributed by atoms with Crippen LogP contribution in [0.2, 0.25) is 0 Å². The molecule has 0 saturated heterocycles. The number of nitro groups is 1. The molecule has 0 N–H and O–H groups in total. The fourth-order valence-corrected chi connectivity index (χ4v) is 2.90. The molecule has 0 saturated carbocycles. The Morgan fingerprint density at radius 3 is 2.06 bits per heavy atom. The number of carbonyl (C=O) groups is 1. The molecule has 0 aliphatic carbocycles. The first-order valence-corrected chi connectivity index (χ1v) is 9.72. The number of amides is 1. The molecule has 0 bridgehead atoms. The van der Waals surface area contributed by atoms with E-state index in [1.807, 2.05) is 54.6 Å². The quantitative estimate of drug-likeness (QED) is 0.351. The summed E-state index contributed by atoms with van der Waals surface area (Å²) in [4.78, 5) is 24.4. The zero-order valence-electron chi connectivity index (χ0n) is 17.9. The van der Waals surface area contributed by atoms with Gasteiger partial charge in [0.05, 0.1) is 4.92 Å². The lowest BCUT2D eigenvalue weighted by molar-refractivity contribution is -0.384. The topological polar surface area (TPSA) is 81.9 Å². The number of anilines is 1. The zero-order chi connectivity index (χ0) is 22.6. The van der Waals surface area contributed by atoms with Gasteiger partial charge in [-0.3, -0.25) is 15.0 Å². The first-order valence-electron chi connectivity index (χ1n) is 9.72. The molecule has 1 amide bonds. The largest absolute Gasteiger partial charge is 0.457 e. The van der Waals surface area contributed by atoms with Crippen LogP contribution < -0.4 is 9.64 Å². The van der Waals surface area contributed by atoms with E-state index < -0.39 is 16.6 Å². The molecule has 0 heterocycles. The summed E-state index contributed by atoms with van der Waals surface area (Å²) in [6, 6.07) is 21.7. The van der Waals surface area contributed by atoms with Crippen molar-refractivity contribution in [3.63, 3.8) is 0 Å². The standard InChI is InChI=1S/C24H24N2O5/c1-24(2,3)31-23(27)25(4)22-16-20(14-15-21(22)26(28)29)30-19-12-10-18(11-13-19)17-8-6-5-7-9-17/h5-16H,1-4H3. The van der Waals surface area contributed by atoms with Gasteiger partial charge in [-0.2, -0.15) is 0 Å². The lowest BCUT2D eigenvalue weighted by atomic mass is 10.1. The molecule has 0 fully saturated rings. The monoisotopic (exact) mass is 420 g/mol. The summed E-state index contributed by atoms with van der Waals surface area (Å²) in [5.74, 6) is 0.933. The summed E-state index contributed by atoms with van der Waals surface area (Å²) in [5.41, 5.74) is 1.26. The molecule has 7 nitrogen and oxygen atoms in total. The molecule has 3 aromatic rings. The maximum Gasteiger partial charge on any atom is 0.414 e. The van der Waals surface area contributed by atoms with Crippen molar-refractivity contribution >= 4 is 17.5 Å². The van der Waals surface area contributed by atoms with Crippen LogP contribution >= 0.6 is 0 Å². The van der Waals surface area contributed by atoms with Gasteiger partial charge in [0.15, 0.2) is 0 Å². The molecular weight excluding hydrogens is 396 g/mol. The number of rotatable bonds is 5. The Bertz CT molecular complexity index is 1070. The second-order valence-electron chi connectivity index (χ2n) is 7.94. The zero-order valence-corrected chi connectivity index (χ0v) is 17.9. The van der Waals surface area contributed by atoms with Crippen LogP contribution in [-0.4, -0.2) is 23.7 Å². The van der Waals surface area contributed by atoms with Gasteiger partial charge in [-0.15, -0.1) is 0 Å². The molecule has 0 unspecified atom stereocenters. The van der Waals surface area contributed by atoms with Gasteiger partial charge < -0.3 is 9.47 Å². The summed E-state index contributed by atoms with van der Waals surface area (Å²) < 4.78 is 11.2. The molecule has 0 aliphatic rings. The SMILES string of the molecule is CN(C(=O)OC(C)(C)C)c1cc(Oc2ccc(-c3ccccc3)cc2)ccc1[N+](=O)[O-]. The first-order chi connectivity index (χ1) is 14.6. The Morgan fingerprint density at radius 2 is 1.48 bits per heavy atom. The van der Waals surface area contributed by atoms with E-state index in [4.69, 9.17) is 9.47 Å². The van der Waals surface area contributed by atoms with E-state index in [0.29, 0.717) is 11.5 Å². The van der Waals surface area contributed by atoms with Crippen LogP contribution in [0.5, 0.6) is 11.5 Å². The van der Waals surface area contributed by atoms with E-state index in [0.717, 1.165) is 16.0 Å². The van der Waals surface area contributed by atoms with Crippen molar-refractivity contribution in [1.29, 1.82) is 0 Å². The Labute approximate surface area is 181 Å². The lowest BCUT2D eigenvalue weighted by Gasteiger charge is -2.24. The third kappa shape index (κ3) is 5.60. The van der Waals surface area contributed by atoms with E-state index in [1.54, 1.807) is 20.8 Å². The summed E-state index contributed by atoms with van der Waals surface area (Å²) in [6.45, 7) is 5.18. The molecule has 160 valence electrons. The van der Waals surface area contributed by atoms with E-state index in [9.17, 15) is 14.9 Å². The lowest BCUT2D eigenvalue weighted by Crippen LogP contribution is -2.34. The second-order valence-corrected chi connectivity index (χ2v) is 7.94. The average Bonchev–Trinajstić information content (AvgIpc) is 2.73. The summed E-state index contributed by atoms with van der Waals surface area (Å²) >= 11 is 0. The van der Waals surface area contributed by atoms with Gasteiger partial charge >= 0.3 is 6.09 Å². The van der Waals surface area contributed by atoms with Crippen LogP contribution in [0.25, 0.3) is 11.1 Å². The third-order valence-corrected chi connectivity index (χ3v) is 4.37. The number of carbonyl (C=O) groups excluding carboxylic acids is 1. The average molecular weight is 420 g/mol. The predicted octanol–water partition coefficient (Wildman–Crippen LogP) is 6.43. The molecule has 7 heteroatoms. The highest BCUT2D eigenvalue weighted by Gasteiger charge is 2.26. The van der Waals surface area contributed by atoms with E-state index in [1.165, 1.54) is 25.2 Å². The van der Waals surface area contributed by atoms with Crippen molar-refractivity contribution in [3.05, 3.63) is 82.9 Å². The molecule has 0 radical (unpaired) electrons. The number of hydrogen-bond donors (Lipinski definition) is 0. The summed E-state index contributed by atoms with van der Waals surface area (Å²) in [7, 11) is 1.43. The Morgan fingerprint density at radius 1 is 0.903 bits per heavy atom. The highest BCUT2D eigenvalue weighted by atomic mass is 16.6. The minimum Gasteiger partial charge on any atom is -0.457 e. The second kappa shape index (κ2) is 8.87. The molecule has 31 heavy (non-hydrogen) atoms. The van der Waals surface area contributed by atoms with Gasteiger partial charge in [0.1, 0.15) is 22.8 Å². The number of hydrogen-bond acceptors (Lipinski definition) is 5. The molecule has 0 aliphatic heterocycles. The Hall–Kier alpha value is -3.87. The fraction of sp³-hybridized carbons (Fsp3) is 0.208. The van der Waals surface area contributed by atoms with Crippen molar-refractivity contribution in [3.8, 4) is 22.6 Å².